The van der Waals surface area contributed by atoms with Crippen LogP contribution in [0.3, 0.4) is 0 Å². The van der Waals surface area contributed by atoms with Gasteiger partial charge in [-0.25, -0.2) is 4.98 Å². The first-order valence-electron chi connectivity index (χ1n) is 8.34. The van der Waals surface area contributed by atoms with Crippen LogP contribution in [0.1, 0.15) is 37.7 Å². The monoisotopic (exact) mass is 325 g/mol. The largest absolute Gasteiger partial charge is 0.297 e. The van der Waals surface area contributed by atoms with Crippen LogP contribution in [0.25, 0.3) is 21.5 Å². The number of fused-ring (bicyclic) bond motifs is 1. The summed E-state index contributed by atoms with van der Waals surface area (Å²) >= 11 is 1.81. The molecule has 4 rings (SSSR count). The number of aromatic nitrogens is 2. The molecule has 0 spiro atoms. The average molecular weight is 325 g/mol. The van der Waals surface area contributed by atoms with Crippen LogP contribution in [0.15, 0.2) is 42.6 Å². The number of pyridine rings is 1. The van der Waals surface area contributed by atoms with Crippen LogP contribution in [-0.4, -0.2) is 28.5 Å². The van der Waals surface area contributed by atoms with E-state index in [0.29, 0.717) is 6.04 Å². The Bertz CT molecular complexity index is 767. The Morgan fingerprint density at radius 3 is 2.61 bits per heavy atom. The van der Waals surface area contributed by atoms with E-state index in [1.165, 1.54) is 29.1 Å². The minimum absolute atomic E-state index is 0.478. The van der Waals surface area contributed by atoms with Crippen LogP contribution in [0.5, 0.6) is 0 Å². The van der Waals surface area contributed by atoms with Gasteiger partial charge in [-0.15, -0.1) is 11.3 Å². The first kappa shape index (κ1) is 16.1. The zero-order valence-electron chi connectivity index (χ0n) is 14.0. The van der Waals surface area contributed by atoms with Gasteiger partial charge >= 0.3 is 0 Å². The Morgan fingerprint density at radius 1 is 1.13 bits per heavy atom. The van der Waals surface area contributed by atoms with Crippen molar-refractivity contribution in [2.24, 2.45) is 0 Å². The van der Waals surface area contributed by atoms with E-state index in [0.717, 1.165) is 16.8 Å². The fourth-order valence-corrected chi connectivity index (χ4v) is 4.21. The fourth-order valence-electron chi connectivity index (χ4n) is 3.04. The maximum atomic E-state index is 4.94. The third-order valence-corrected chi connectivity index (χ3v) is 5.30. The van der Waals surface area contributed by atoms with Crippen molar-refractivity contribution in [3.05, 3.63) is 47.6 Å². The molecule has 0 radical (unpaired) electrons. The highest BCUT2D eigenvalue weighted by atomic mass is 32.1. The molecular weight excluding hydrogens is 302 g/mol. The molecule has 3 nitrogen and oxygen atoms in total. The summed E-state index contributed by atoms with van der Waals surface area (Å²) in [6.45, 7) is 5.17. The molecule has 0 saturated carbocycles. The lowest BCUT2D eigenvalue weighted by Gasteiger charge is -2.16. The summed E-state index contributed by atoms with van der Waals surface area (Å²) in [5.41, 5.74) is 3.18. The second-order valence-corrected chi connectivity index (χ2v) is 6.63. The summed E-state index contributed by atoms with van der Waals surface area (Å²) in [5, 5.41) is 1.23. The van der Waals surface area contributed by atoms with E-state index in [4.69, 9.17) is 4.98 Å². The number of hydrogen-bond donors (Lipinski definition) is 0. The predicted molar refractivity (Wildman–Crippen MR) is 98.8 cm³/mol. The van der Waals surface area contributed by atoms with Gasteiger partial charge in [-0.3, -0.25) is 9.88 Å². The highest BCUT2D eigenvalue weighted by Gasteiger charge is 2.26. The molecule has 4 heteroatoms. The Labute approximate surface area is 142 Å². The maximum Gasteiger partial charge on any atom is 0.111 e. The molecule has 1 saturated heterocycles. The van der Waals surface area contributed by atoms with E-state index in [1.807, 2.05) is 49.6 Å². The van der Waals surface area contributed by atoms with Crippen LogP contribution in [0, 0.1) is 0 Å². The van der Waals surface area contributed by atoms with Gasteiger partial charge in [0.1, 0.15) is 10.5 Å². The summed E-state index contributed by atoms with van der Waals surface area (Å²) in [6, 6.07) is 12.9. The SMILES string of the molecule is CC.CN1CCCC1c1nc2c(-c3ccccc3)nccc2s1. The van der Waals surface area contributed by atoms with Gasteiger partial charge in [0.15, 0.2) is 0 Å². The second kappa shape index (κ2) is 7.20. The number of likely N-dealkylation sites (tertiary alicyclic amines) is 1. The molecule has 1 fully saturated rings. The minimum atomic E-state index is 0.478. The van der Waals surface area contributed by atoms with E-state index in [1.54, 1.807) is 0 Å². The Hall–Kier alpha value is -1.78. The van der Waals surface area contributed by atoms with E-state index in [2.05, 4.69) is 35.1 Å². The van der Waals surface area contributed by atoms with Crippen molar-refractivity contribution in [1.29, 1.82) is 0 Å². The van der Waals surface area contributed by atoms with Crippen molar-refractivity contribution in [3.8, 4) is 11.3 Å². The quantitative estimate of drug-likeness (QED) is 0.652. The van der Waals surface area contributed by atoms with Crippen molar-refractivity contribution in [2.75, 3.05) is 13.6 Å². The van der Waals surface area contributed by atoms with Gasteiger partial charge < -0.3 is 0 Å². The maximum absolute atomic E-state index is 4.94. The van der Waals surface area contributed by atoms with Gasteiger partial charge in [-0.1, -0.05) is 44.2 Å². The summed E-state index contributed by atoms with van der Waals surface area (Å²) in [4.78, 5) is 11.9. The van der Waals surface area contributed by atoms with Crippen molar-refractivity contribution in [1.82, 2.24) is 14.9 Å². The highest BCUT2D eigenvalue weighted by Crippen LogP contribution is 2.37. The zero-order chi connectivity index (χ0) is 16.2. The van der Waals surface area contributed by atoms with Crippen molar-refractivity contribution >= 4 is 21.6 Å². The van der Waals surface area contributed by atoms with Gasteiger partial charge in [0.05, 0.1) is 16.4 Å². The summed E-state index contributed by atoms with van der Waals surface area (Å²) in [7, 11) is 2.19. The predicted octanol–water partition coefficient (Wildman–Crippen LogP) is 5.15. The third kappa shape index (κ3) is 3.14. The third-order valence-electron chi connectivity index (χ3n) is 4.18. The fraction of sp³-hybridized carbons (Fsp3) is 0.368. The van der Waals surface area contributed by atoms with Gasteiger partial charge in [0.25, 0.3) is 0 Å². The molecule has 3 heterocycles. The van der Waals surface area contributed by atoms with Crippen LogP contribution in [0.2, 0.25) is 0 Å². The molecule has 0 N–H and O–H groups in total. The minimum Gasteiger partial charge on any atom is -0.297 e. The van der Waals surface area contributed by atoms with E-state index < -0.39 is 0 Å². The number of nitrogens with zero attached hydrogens (tertiary/aromatic N) is 3. The van der Waals surface area contributed by atoms with E-state index in [9.17, 15) is 0 Å². The van der Waals surface area contributed by atoms with Gasteiger partial charge in [-0.2, -0.15) is 0 Å². The number of thiazole rings is 1. The lowest BCUT2D eigenvalue weighted by atomic mass is 10.1. The molecule has 1 aliphatic rings. The normalized spacial score (nSPS) is 18.0. The molecule has 0 aliphatic carbocycles. The highest BCUT2D eigenvalue weighted by molar-refractivity contribution is 7.18. The molecule has 120 valence electrons. The molecule has 3 aromatic rings. The Balaban J connectivity index is 0.000000753. The molecule has 0 amide bonds. The van der Waals surface area contributed by atoms with Gasteiger partial charge in [0.2, 0.25) is 0 Å². The summed E-state index contributed by atoms with van der Waals surface area (Å²) < 4.78 is 1.24. The van der Waals surface area contributed by atoms with Gasteiger partial charge in [0, 0.05) is 11.8 Å². The smallest absolute Gasteiger partial charge is 0.111 e. The number of hydrogen-bond acceptors (Lipinski definition) is 4. The molecule has 1 unspecified atom stereocenters. The zero-order valence-corrected chi connectivity index (χ0v) is 14.8. The van der Waals surface area contributed by atoms with E-state index >= 15 is 0 Å². The first-order chi connectivity index (χ1) is 11.3. The molecule has 1 aromatic carbocycles. The standard InChI is InChI=1S/C17H17N3S.C2H6/c1-20-11-5-8-13(20)17-19-16-14(21-17)9-10-18-15(16)12-6-3-2-4-7-12;1-2/h2-4,6-7,9-10,13H,5,8,11H2,1H3;1-2H3. The Morgan fingerprint density at radius 2 is 1.91 bits per heavy atom. The van der Waals surface area contributed by atoms with Gasteiger partial charge in [-0.05, 0) is 32.5 Å². The molecular formula is C19H23N3S. The van der Waals surface area contributed by atoms with Crippen molar-refractivity contribution < 1.29 is 0 Å². The second-order valence-electron chi connectivity index (χ2n) is 5.56. The van der Waals surface area contributed by atoms with Crippen LogP contribution in [0.4, 0.5) is 0 Å². The van der Waals surface area contributed by atoms with Crippen molar-refractivity contribution in [2.45, 2.75) is 32.7 Å². The molecule has 23 heavy (non-hydrogen) atoms. The molecule has 1 aliphatic heterocycles. The average Bonchev–Trinajstić information content (AvgIpc) is 3.22. The summed E-state index contributed by atoms with van der Waals surface area (Å²) in [5.74, 6) is 0. The molecule has 0 bridgehead atoms. The number of rotatable bonds is 2. The van der Waals surface area contributed by atoms with Crippen LogP contribution in [-0.2, 0) is 0 Å². The van der Waals surface area contributed by atoms with Crippen LogP contribution >= 0.6 is 11.3 Å². The lowest BCUT2D eigenvalue weighted by Crippen LogP contribution is -2.17. The lowest BCUT2D eigenvalue weighted by molar-refractivity contribution is 0.317. The van der Waals surface area contributed by atoms with Crippen molar-refractivity contribution in [3.63, 3.8) is 0 Å². The first-order valence-corrected chi connectivity index (χ1v) is 9.16. The Kier molecular flexibility index (Phi) is 5.03. The topological polar surface area (TPSA) is 29.0 Å². The van der Waals surface area contributed by atoms with E-state index in [-0.39, 0.29) is 0 Å². The summed E-state index contributed by atoms with van der Waals surface area (Å²) in [6.07, 6.45) is 4.37. The molecule has 2 aromatic heterocycles. The number of benzene rings is 1. The molecule has 1 atom stereocenters. The van der Waals surface area contributed by atoms with Crippen LogP contribution < -0.4 is 0 Å².